The third kappa shape index (κ3) is 5.37. The molecule has 0 aliphatic heterocycles. The molecule has 0 spiro atoms. The molecule has 0 bridgehead atoms. The molecule has 0 radical (unpaired) electrons. The van der Waals surface area contributed by atoms with Gasteiger partial charge in [-0.2, -0.15) is 0 Å². The molecule has 1 heterocycles. The molecule has 6 heteroatoms. The summed E-state index contributed by atoms with van der Waals surface area (Å²) < 4.78 is 2.00. The number of aliphatic imine (C=N–C) groups is 1. The van der Waals surface area contributed by atoms with Crippen molar-refractivity contribution in [1.29, 1.82) is 0 Å². The van der Waals surface area contributed by atoms with E-state index in [2.05, 4.69) is 77.6 Å². The monoisotopic (exact) mass is 505 g/mol. The van der Waals surface area contributed by atoms with Crippen molar-refractivity contribution in [2.24, 2.45) is 12.0 Å². The number of halogens is 2. The van der Waals surface area contributed by atoms with Crippen LogP contribution in [0.3, 0.4) is 0 Å². The van der Waals surface area contributed by atoms with Gasteiger partial charge in [0, 0.05) is 25.0 Å². The van der Waals surface area contributed by atoms with Crippen molar-refractivity contribution in [2.75, 3.05) is 0 Å². The Hall–Kier alpha value is -1.23. The van der Waals surface area contributed by atoms with Gasteiger partial charge in [-0.05, 0) is 25.0 Å². The fourth-order valence-corrected chi connectivity index (χ4v) is 2.53. The van der Waals surface area contributed by atoms with Gasteiger partial charge >= 0.3 is 39.3 Å². The molecule has 0 atom stereocenters. The normalized spacial score (nSPS) is 11.2. The van der Waals surface area contributed by atoms with E-state index in [0.29, 0.717) is 0 Å². The molecule has 134 valence electrons. The molecule has 0 aliphatic rings. The van der Waals surface area contributed by atoms with E-state index in [-0.39, 0.29) is 0 Å². The van der Waals surface area contributed by atoms with Crippen LogP contribution < -0.4 is 0 Å². The Kier molecular flexibility index (Phi) is 8.08. The molecule has 0 N–H and O–H groups in total. The second-order valence-corrected chi connectivity index (χ2v) is 10.5. The summed E-state index contributed by atoms with van der Waals surface area (Å²) in [4.78, 5) is 9.44. The molecule has 0 fully saturated rings. The van der Waals surface area contributed by atoms with Gasteiger partial charge in [-0.1, -0.05) is 48.5 Å². The van der Waals surface area contributed by atoms with Crippen molar-refractivity contribution in [3.05, 3.63) is 83.4 Å². The van der Waals surface area contributed by atoms with Crippen LogP contribution in [-0.2, 0) is 17.9 Å². The summed E-state index contributed by atoms with van der Waals surface area (Å²) in [5, 5.41) is 0. The Morgan fingerprint density at radius 2 is 1.60 bits per heavy atom. The van der Waals surface area contributed by atoms with Crippen LogP contribution in [0.2, 0.25) is 0 Å². The van der Waals surface area contributed by atoms with Crippen molar-refractivity contribution >= 4 is 39.9 Å². The maximum atomic E-state index is 4.96. The minimum atomic E-state index is 0.869. The number of aromatic nitrogens is 2. The average molecular weight is 508 g/mol. The van der Waals surface area contributed by atoms with E-state index in [0.717, 1.165) is 22.8 Å². The first-order chi connectivity index (χ1) is 12.1. The number of hydrogen-bond acceptors (Lipinski definition) is 2. The number of nitrogens with zero attached hydrogens (tertiary/aromatic N) is 3. The molecular formula is C19H19Br2N3Ni. The summed E-state index contributed by atoms with van der Waals surface area (Å²) in [5.41, 5.74) is 5.32. The van der Waals surface area contributed by atoms with Gasteiger partial charge in [-0.15, -0.1) is 0 Å². The van der Waals surface area contributed by atoms with Crippen molar-refractivity contribution in [3.63, 3.8) is 0 Å². The van der Waals surface area contributed by atoms with Crippen LogP contribution in [-0.4, -0.2) is 15.3 Å². The van der Waals surface area contributed by atoms with Gasteiger partial charge in [0.25, 0.3) is 0 Å². The van der Waals surface area contributed by atoms with Crippen LogP contribution in [0.1, 0.15) is 22.5 Å². The first-order valence-electron chi connectivity index (χ1n) is 7.59. The zero-order chi connectivity index (χ0) is 18.2. The standard InChI is InChI=1S/C19H19N3.2BrH.Ni/c1-14-8-7-9-15(2)17(14)21-18(16-10-5-4-6-11-16)19-20-12-13-22(19)3;;;/h4-13H,1-3H3;2*1H;/q;;;+2/p-2. The molecule has 3 rings (SSSR count). The molecule has 0 aliphatic carbocycles. The van der Waals surface area contributed by atoms with Crippen molar-refractivity contribution in [1.82, 2.24) is 9.55 Å². The van der Waals surface area contributed by atoms with Gasteiger partial charge < -0.3 is 4.57 Å². The molecule has 0 saturated carbocycles. The van der Waals surface area contributed by atoms with Crippen LogP contribution in [0.25, 0.3) is 0 Å². The SMILES string of the molecule is Cc1cccc(C)c1N=C(c1ccccc1)c1nccn1C.[Br][Ni][Br]. The quantitative estimate of drug-likeness (QED) is 0.321. The molecule has 3 aromatic rings. The summed E-state index contributed by atoms with van der Waals surface area (Å²) in [6, 6.07) is 16.4. The van der Waals surface area contributed by atoms with Crippen LogP contribution in [0, 0.1) is 13.8 Å². The summed E-state index contributed by atoms with van der Waals surface area (Å²) in [5.74, 6) is 0.869. The Morgan fingerprint density at radius 1 is 1.00 bits per heavy atom. The zero-order valence-corrected chi connectivity index (χ0v) is 18.3. The van der Waals surface area contributed by atoms with Gasteiger partial charge in [0.2, 0.25) is 0 Å². The van der Waals surface area contributed by atoms with Crippen LogP contribution >= 0.6 is 28.5 Å². The van der Waals surface area contributed by atoms with E-state index in [1.54, 1.807) is 6.20 Å². The first-order valence-corrected chi connectivity index (χ1v) is 12.5. The summed E-state index contributed by atoms with van der Waals surface area (Å²) in [7, 11) is 3.24. The van der Waals surface area contributed by atoms with Gasteiger partial charge in [0.15, 0.2) is 5.82 Å². The molecule has 1 aromatic heterocycles. The van der Waals surface area contributed by atoms with Crippen LogP contribution in [0.5, 0.6) is 0 Å². The van der Waals surface area contributed by atoms with E-state index in [1.807, 2.05) is 36.0 Å². The minimum absolute atomic E-state index is 0.869. The zero-order valence-electron chi connectivity index (χ0n) is 14.2. The Morgan fingerprint density at radius 3 is 2.12 bits per heavy atom. The van der Waals surface area contributed by atoms with Gasteiger partial charge in [0.1, 0.15) is 5.71 Å². The van der Waals surface area contributed by atoms with Gasteiger partial charge in [-0.3, -0.25) is 0 Å². The van der Waals surface area contributed by atoms with Crippen molar-refractivity contribution in [3.8, 4) is 0 Å². The number of benzene rings is 2. The predicted octanol–water partition coefficient (Wildman–Crippen LogP) is 5.89. The summed E-state index contributed by atoms with van der Waals surface area (Å²) >= 11 is 6.00. The topological polar surface area (TPSA) is 30.2 Å². The fraction of sp³-hybridized carbons (Fsp3) is 0.158. The second kappa shape index (κ2) is 10.1. The molecule has 0 unspecified atom stereocenters. The van der Waals surface area contributed by atoms with Crippen LogP contribution in [0.4, 0.5) is 5.69 Å². The van der Waals surface area contributed by atoms with Crippen LogP contribution in [0.15, 0.2) is 65.9 Å². The molecule has 25 heavy (non-hydrogen) atoms. The number of hydrogen-bond donors (Lipinski definition) is 0. The third-order valence-corrected chi connectivity index (χ3v) is 3.74. The average Bonchev–Trinajstić information content (AvgIpc) is 3.02. The molecule has 2 aromatic carbocycles. The first kappa shape index (κ1) is 20.1. The summed E-state index contributed by atoms with van der Waals surface area (Å²) in [6.45, 7) is 4.18. The number of para-hydroxylation sites is 1. The maximum absolute atomic E-state index is 4.96. The molecule has 3 nitrogen and oxygen atoms in total. The Bertz CT molecular complexity index is 825. The third-order valence-electron chi connectivity index (χ3n) is 3.74. The van der Waals surface area contributed by atoms with Gasteiger partial charge in [-0.25, -0.2) is 9.98 Å². The Labute approximate surface area is 169 Å². The van der Waals surface area contributed by atoms with Crippen molar-refractivity contribution < 1.29 is 10.9 Å². The number of rotatable bonds is 3. The number of imidazole rings is 1. The molecule has 0 amide bonds. The van der Waals surface area contributed by atoms with E-state index in [9.17, 15) is 0 Å². The van der Waals surface area contributed by atoms with E-state index in [4.69, 9.17) is 4.99 Å². The van der Waals surface area contributed by atoms with E-state index >= 15 is 0 Å². The number of aryl methyl sites for hydroxylation is 3. The van der Waals surface area contributed by atoms with E-state index in [1.165, 1.54) is 22.0 Å². The summed E-state index contributed by atoms with van der Waals surface area (Å²) in [6.07, 6.45) is 3.75. The van der Waals surface area contributed by atoms with Gasteiger partial charge in [0.05, 0.1) is 5.69 Å². The van der Waals surface area contributed by atoms with E-state index < -0.39 is 0 Å². The van der Waals surface area contributed by atoms with Crippen molar-refractivity contribution in [2.45, 2.75) is 13.8 Å². The second-order valence-electron chi connectivity index (χ2n) is 5.47. The Balaban J connectivity index is 0.000000701. The molecule has 0 saturated heterocycles. The predicted molar refractivity (Wildman–Crippen MR) is 109 cm³/mol. The molecular weight excluding hydrogens is 489 g/mol. The fourth-order valence-electron chi connectivity index (χ4n) is 2.53.